The topological polar surface area (TPSA) is 64.4 Å². The van der Waals surface area contributed by atoms with E-state index in [-0.39, 0.29) is 20.7 Å². The van der Waals surface area contributed by atoms with E-state index in [2.05, 4.69) is 22.0 Å². The Morgan fingerprint density at radius 3 is 2.43 bits per heavy atom. The molecule has 3 aromatic carbocycles. The van der Waals surface area contributed by atoms with E-state index in [0.717, 1.165) is 23.1 Å². The van der Waals surface area contributed by atoms with Crippen molar-refractivity contribution in [3.05, 3.63) is 93.1 Å². The second-order valence-corrected chi connectivity index (χ2v) is 8.31. The SMILES string of the molecule is C=Ic1ccc(C(N)=O)c(Oc2ccc(CCNCc3ccccc3)cc2)c1. The summed E-state index contributed by atoms with van der Waals surface area (Å²) in [5, 5.41) is 3.45. The molecule has 0 unspecified atom stereocenters. The lowest BCUT2D eigenvalue weighted by atomic mass is 10.1. The quantitative estimate of drug-likeness (QED) is 0.346. The van der Waals surface area contributed by atoms with Crippen LogP contribution < -0.4 is 15.8 Å². The summed E-state index contributed by atoms with van der Waals surface area (Å²) in [6, 6.07) is 23.7. The van der Waals surface area contributed by atoms with Crippen molar-refractivity contribution in [3.63, 3.8) is 0 Å². The number of nitrogens with two attached hydrogens (primary N) is 1. The van der Waals surface area contributed by atoms with Gasteiger partial charge in [0.1, 0.15) is 11.5 Å². The molecule has 1 amide bonds. The molecule has 0 aliphatic heterocycles. The predicted octanol–water partition coefficient (Wildman–Crippen LogP) is 4.48. The minimum Gasteiger partial charge on any atom is -0.456 e. The van der Waals surface area contributed by atoms with Gasteiger partial charge in [0.2, 0.25) is 0 Å². The number of carbonyl (C=O) groups excluding carboxylic acids is 1. The van der Waals surface area contributed by atoms with E-state index in [0.29, 0.717) is 17.1 Å². The van der Waals surface area contributed by atoms with Crippen LogP contribution in [0.2, 0.25) is 0 Å². The average Bonchev–Trinajstić information content (AvgIpc) is 2.73. The number of hydrogen-bond donors (Lipinski definition) is 2. The molecule has 0 atom stereocenters. The number of primary amides is 1. The van der Waals surface area contributed by atoms with Crippen molar-refractivity contribution in [2.24, 2.45) is 5.73 Å². The standard InChI is InChI=1S/C23H23IN2O2/c1-24-19-9-12-21(23(25)27)22(15-19)28-20-10-7-17(8-11-20)13-14-26-16-18-5-3-2-4-6-18/h2-12,15,26H,1,13-14,16H2,(H2,25,27). The van der Waals surface area contributed by atoms with E-state index < -0.39 is 5.91 Å². The largest absolute Gasteiger partial charge is 0.456 e. The summed E-state index contributed by atoms with van der Waals surface area (Å²) in [5.74, 6) is 0.679. The Balaban J connectivity index is 1.57. The first-order chi connectivity index (χ1) is 13.7. The molecule has 28 heavy (non-hydrogen) atoms. The monoisotopic (exact) mass is 486 g/mol. The van der Waals surface area contributed by atoms with Crippen molar-refractivity contribution < 1.29 is 9.53 Å². The van der Waals surface area contributed by atoms with Gasteiger partial charge in [0.15, 0.2) is 0 Å². The van der Waals surface area contributed by atoms with Crippen molar-refractivity contribution in [3.8, 4) is 11.5 Å². The summed E-state index contributed by atoms with van der Waals surface area (Å²) in [6.45, 7) is 1.76. The number of carbonyl (C=O) groups is 1. The highest BCUT2D eigenvalue weighted by Gasteiger charge is 2.11. The summed E-state index contributed by atoms with van der Waals surface area (Å²) < 4.78 is 11.0. The number of rotatable bonds is 9. The Hall–Kier alpha value is -2.51. The van der Waals surface area contributed by atoms with Crippen LogP contribution in [0.25, 0.3) is 0 Å². The molecule has 0 saturated carbocycles. The minimum absolute atomic E-state index is 0.337. The number of benzene rings is 3. The molecule has 4 nitrogen and oxygen atoms in total. The highest BCUT2D eigenvalue weighted by atomic mass is 127. The van der Waals surface area contributed by atoms with Gasteiger partial charge in [-0.3, -0.25) is 4.79 Å². The molecule has 144 valence electrons. The molecule has 0 bridgehead atoms. The van der Waals surface area contributed by atoms with Crippen molar-refractivity contribution in [1.82, 2.24) is 5.32 Å². The van der Waals surface area contributed by atoms with Crippen LogP contribution in [-0.2, 0) is 13.0 Å². The lowest BCUT2D eigenvalue weighted by molar-refractivity contribution is 0.0998. The van der Waals surface area contributed by atoms with Gasteiger partial charge in [0, 0.05) is 10.1 Å². The van der Waals surface area contributed by atoms with Gasteiger partial charge in [0.25, 0.3) is 5.91 Å². The van der Waals surface area contributed by atoms with Crippen LogP contribution in [-0.4, -0.2) is 17.0 Å². The fraction of sp³-hybridized carbons (Fsp3) is 0.130. The Kier molecular flexibility index (Phi) is 7.33. The predicted molar refractivity (Wildman–Crippen MR) is 123 cm³/mol. The van der Waals surface area contributed by atoms with Crippen LogP contribution in [0.4, 0.5) is 0 Å². The van der Waals surface area contributed by atoms with Crippen LogP contribution >= 0.6 is 20.7 Å². The number of amides is 1. The summed E-state index contributed by atoms with van der Waals surface area (Å²) in [6.07, 6.45) is 0.932. The lowest BCUT2D eigenvalue weighted by Crippen LogP contribution is -2.16. The summed E-state index contributed by atoms with van der Waals surface area (Å²) in [4.78, 5) is 11.6. The Morgan fingerprint density at radius 1 is 1.00 bits per heavy atom. The van der Waals surface area contributed by atoms with Crippen molar-refractivity contribution in [2.75, 3.05) is 6.54 Å². The van der Waals surface area contributed by atoms with E-state index >= 15 is 0 Å². The van der Waals surface area contributed by atoms with Gasteiger partial charge in [-0.05, 0) is 54.4 Å². The third kappa shape index (κ3) is 5.74. The smallest absolute Gasteiger partial charge is 0.252 e. The fourth-order valence-electron chi connectivity index (χ4n) is 2.78. The Morgan fingerprint density at radius 2 is 1.75 bits per heavy atom. The van der Waals surface area contributed by atoms with Crippen molar-refractivity contribution >= 4 is 31.2 Å². The van der Waals surface area contributed by atoms with Gasteiger partial charge in [-0.2, -0.15) is 0 Å². The Bertz CT molecular complexity index is 941. The molecule has 0 aliphatic rings. The number of hydrogen-bond acceptors (Lipinski definition) is 3. The maximum absolute atomic E-state index is 11.6. The molecule has 5 heteroatoms. The maximum Gasteiger partial charge on any atom is 0.252 e. The van der Waals surface area contributed by atoms with Crippen LogP contribution in [0, 0.1) is 3.57 Å². The molecule has 0 fully saturated rings. The van der Waals surface area contributed by atoms with Gasteiger partial charge in [-0.25, -0.2) is 0 Å². The third-order valence-corrected chi connectivity index (χ3v) is 5.83. The van der Waals surface area contributed by atoms with E-state index in [1.165, 1.54) is 11.1 Å². The van der Waals surface area contributed by atoms with Gasteiger partial charge in [0.05, 0.1) is 5.56 Å². The molecule has 0 spiro atoms. The average molecular weight is 486 g/mol. The summed E-state index contributed by atoms with van der Waals surface area (Å²) in [5.41, 5.74) is 8.35. The lowest BCUT2D eigenvalue weighted by Gasteiger charge is -2.11. The molecular formula is C23H23IN2O2. The first kappa shape index (κ1) is 20.2. The highest BCUT2D eigenvalue weighted by molar-refractivity contribution is 14.2. The first-order valence-corrected chi connectivity index (χ1v) is 11.6. The van der Waals surface area contributed by atoms with Gasteiger partial charge in [-0.1, -0.05) is 67.7 Å². The van der Waals surface area contributed by atoms with Gasteiger partial charge in [-0.15, -0.1) is 0 Å². The van der Waals surface area contributed by atoms with E-state index in [1.54, 1.807) is 6.07 Å². The molecule has 0 saturated heterocycles. The van der Waals surface area contributed by atoms with Crippen molar-refractivity contribution in [2.45, 2.75) is 13.0 Å². The van der Waals surface area contributed by atoms with E-state index in [1.807, 2.05) is 54.6 Å². The molecule has 0 aromatic heterocycles. The molecule has 0 heterocycles. The number of halogens is 1. The number of ether oxygens (including phenoxy) is 1. The van der Waals surface area contributed by atoms with Gasteiger partial charge < -0.3 is 15.8 Å². The van der Waals surface area contributed by atoms with E-state index in [4.69, 9.17) is 10.5 Å². The molecule has 3 aromatic rings. The summed E-state index contributed by atoms with van der Waals surface area (Å²) >= 11 is -0.337. The molecule has 0 aliphatic carbocycles. The van der Waals surface area contributed by atoms with Gasteiger partial charge >= 0.3 is 0 Å². The molecule has 3 rings (SSSR count). The second-order valence-electron chi connectivity index (χ2n) is 6.30. The summed E-state index contributed by atoms with van der Waals surface area (Å²) in [7, 11) is 0. The number of nitrogens with one attached hydrogen (secondary N) is 1. The fourth-order valence-corrected chi connectivity index (χ4v) is 3.72. The Labute approximate surface area is 175 Å². The van der Waals surface area contributed by atoms with E-state index in [9.17, 15) is 4.79 Å². The normalized spacial score (nSPS) is 10.6. The zero-order valence-corrected chi connectivity index (χ0v) is 17.7. The maximum atomic E-state index is 11.6. The molecule has 0 radical (unpaired) electrons. The van der Waals surface area contributed by atoms with Crippen LogP contribution in [0.5, 0.6) is 11.5 Å². The minimum atomic E-state index is -0.495. The van der Waals surface area contributed by atoms with Crippen LogP contribution in [0.15, 0.2) is 72.8 Å². The second kappa shape index (κ2) is 10.1. The van der Waals surface area contributed by atoms with Crippen molar-refractivity contribution in [1.29, 1.82) is 0 Å². The zero-order chi connectivity index (χ0) is 19.8. The zero-order valence-electron chi connectivity index (χ0n) is 15.5. The first-order valence-electron chi connectivity index (χ1n) is 8.99. The third-order valence-electron chi connectivity index (χ3n) is 4.28. The highest BCUT2D eigenvalue weighted by Crippen LogP contribution is 2.28. The molecular weight excluding hydrogens is 463 g/mol. The van der Waals surface area contributed by atoms with Crippen LogP contribution in [0.3, 0.4) is 0 Å². The van der Waals surface area contributed by atoms with Crippen LogP contribution in [0.1, 0.15) is 21.5 Å². The molecule has 3 N–H and O–H groups in total.